The van der Waals surface area contributed by atoms with Crippen LogP contribution in [0.3, 0.4) is 0 Å². The molecule has 24 heavy (non-hydrogen) atoms. The fourth-order valence-electron chi connectivity index (χ4n) is 2.33. The number of hydrogen-bond donors (Lipinski definition) is 1. The average molecular weight is 353 g/mol. The van der Waals surface area contributed by atoms with Crippen molar-refractivity contribution in [2.24, 2.45) is 14.1 Å². The number of hydrogen-bond acceptors (Lipinski definition) is 4. The van der Waals surface area contributed by atoms with Crippen molar-refractivity contribution in [2.45, 2.75) is 6.92 Å². The first-order valence-electron chi connectivity index (χ1n) is 7.08. The maximum Gasteiger partial charge on any atom is 0.498 e. The predicted molar refractivity (Wildman–Crippen MR) is 87.7 cm³/mol. The Morgan fingerprint density at radius 1 is 1.17 bits per heavy atom. The molecule has 1 aromatic carbocycles. The number of aryl methyl sites for hydroxylation is 1. The van der Waals surface area contributed by atoms with Crippen molar-refractivity contribution >= 4 is 12.2 Å². The van der Waals surface area contributed by atoms with Gasteiger partial charge in [-0.2, -0.15) is 13.9 Å². The lowest BCUT2D eigenvalue weighted by Gasteiger charge is -2.11. The van der Waals surface area contributed by atoms with Crippen LogP contribution in [0.5, 0.6) is 17.2 Å². The second-order valence-electron chi connectivity index (χ2n) is 5.22. The third-order valence-electron chi connectivity index (χ3n) is 3.77. The number of benzene rings is 1. The first kappa shape index (κ1) is 19.6. The molecule has 0 radical (unpaired) electrons. The molecule has 0 unspecified atom stereocenters. The number of phenols is 1. The molecule has 6 nitrogen and oxygen atoms in total. The van der Waals surface area contributed by atoms with Crippen molar-refractivity contribution in [1.29, 1.82) is 0 Å². The van der Waals surface area contributed by atoms with Gasteiger partial charge in [0.25, 0.3) is 0 Å². The molecule has 7 heteroatoms. The van der Waals surface area contributed by atoms with Gasteiger partial charge < -0.3 is 27.0 Å². The Morgan fingerprint density at radius 3 is 2.42 bits per heavy atom. The molecule has 0 aliphatic rings. The highest BCUT2D eigenvalue weighted by Gasteiger charge is 2.13. The van der Waals surface area contributed by atoms with Crippen LogP contribution in [0.1, 0.15) is 17.0 Å². The number of nitrogens with zero attached hydrogens (tertiary/aromatic N) is 2. The van der Waals surface area contributed by atoms with Crippen LogP contribution in [0.15, 0.2) is 23.0 Å². The normalized spacial score (nSPS) is 10.5. The minimum absolute atomic E-state index is 0. The fourth-order valence-corrected chi connectivity index (χ4v) is 2.33. The summed E-state index contributed by atoms with van der Waals surface area (Å²) in [4.78, 5) is 12.1. The lowest BCUT2D eigenvalue weighted by molar-refractivity contribution is -0.692. The molecule has 1 aromatic heterocycles. The van der Waals surface area contributed by atoms with Crippen molar-refractivity contribution in [3.63, 3.8) is 0 Å². The molecule has 0 spiro atoms. The molecular formula is C17H21ClN2O4. The summed E-state index contributed by atoms with van der Waals surface area (Å²) >= 11 is 0. The summed E-state index contributed by atoms with van der Waals surface area (Å²) in [7, 11) is 6.49. The van der Waals surface area contributed by atoms with Gasteiger partial charge in [-0.25, -0.2) is 0 Å². The Hall–Kier alpha value is -2.47. The van der Waals surface area contributed by atoms with Crippen LogP contribution in [0, 0.1) is 6.92 Å². The predicted octanol–water partition coefficient (Wildman–Crippen LogP) is -1.58. The Balaban J connectivity index is 0.00000288. The summed E-state index contributed by atoms with van der Waals surface area (Å²) in [5.74, 6) is 1.04. The minimum Gasteiger partial charge on any atom is -1.00 e. The van der Waals surface area contributed by atoms with Gasteiger partial charge in [0.15, 0.2) is 11.5 Å². The number of halogens is 1. The van der Waals surface area contributed by atoms with Gasteiger partial charge in [-0.1, -0.05) is 0 Å². The molecule has 0 saturated heterocycles. The van der Waals surface area contributed by atoms with E-state index in [-0.39, 0.29) is 23.8 Å². The molecule has 130 valence electrons. The zero-order chi connectivity index (χ0) is 17.1. The van der Waals surface area contributed by atoms with Crippen LogP contribution in [0.4, 0.5) is 0 Å². The number of aromatic hydroxyl groups is 1. The highest BCUT2D eigenvalue weighted by atomic mass is 35.5. The molecular weight excluding hydrogens is 332 g/mol. The second kappa shape index (κ2) is 7.88. The molecule has 2 rings (SSSR count). The lowest BCUT2D eigenvalue weighted by atomic mass is 10.1. The number of aromatic nitrogens is 2. The lowest BCUT2D eigenvalue weighted by Crippen LogP contribution is -3.00. The summed E-state index contributed by atoms with van der Waals surface area (Å²) in [5, 5.41) is 9.79. The Bertz CT molecular complexity index is 828. The minimum atomic E-state index is -0.106. The molecule has 1 N–H and O–H groups in total. The fraction of sp³-hybridized carbons (Fsp3) is 0.294. The topological polar surface area (TPSA) is 64.6 Å². The van der Waals surface area contributed by atoms with Crippen LogP contribution in [0.25, 0.3) is 12.2 Å². The van der Waals surface area contributed by atoms with Crippen molar-refractivity contribution in [3.05, 3.63) is 45.6 Å². The third-order valence-corrected chi connectivity index (χ3v) is 3.77. The van der Waals surface area contributed by atoms with Crippen molar-refractivity contribution in [2.75, 3.05) is 14.2 Å². The van der Waals surface area contributed by atoms with E-state index in [9.17, 15) is 9.90 Å². The molecule has 0 saturated carbocycles. The number of phenolic OH excluding ortho intramolecular Hbond substituents is 1. The quantitative estimate of drug-likeness (QED) is 0.674. The van der Waals surface area contributed by atoms with Gasteiger partial charge >= 0.3 is 5.69 Å². The van der Waals surface area contributed by atoms with E-state index >= 15 is 0 Å². The van der Waals surface area contributed by atoms with E-state index in [2.05, 4.69) is 0 Å². The van der Waals surface area contributed by atoms with Gasteiger partial charge in [0.2, 0.25) is 0 Å². The zero-order valence-corrected chi connectivity index (χ0v) is 15.1. The number of methoxy groups -OCH3 is 2. The molecule has 0 aliphatic carbocycles. The van der Waals surface area contributed by atoms with E-state index in [4.69, 9.17) is 9.47 Å². The maximum atomic E-state index is 12.1. The van der Waals surface area contributed by atoms with E-state index in [1.165, 1.54) is 20.3 Å². The Morgan fingerprint density at radius 2 is 1.83 bits per heavy atom. The molecule has 0 atom stereocenters. The molecule has 2 aromatic rings. The maximum absolute atomic E-state index is 12.1. The summed E-state index contributed by atoms with van der Waals surface area (Å²) in [6.07, 6.45) is 3.57. The van der Waals surface area contributed by atoms with Gasteiger partial charge in [-0.05, 0) is 25.1 Å². The van der Waals surface area contributed by atoms with E-state index in [1.54, 1.807) is 41.4 Å². The highest BCUT2D eigenvalue weighted by Crippen LogP contribution is 2.36. The third kappa shape index (κ3) is 3.71. The van der Waals surface area contributed by atoms with Crippen LogP contribution in [-0.4, -0.2) is 23.9 Å². The average Bonchev–Trinajstić information content (AvgIpc) is 2.54. The highest BCUT2D eigenvalue weighted by molar-refractivity contribution is 5.73. The summed E-state index contributed by atoms with van der Waals surface area (Å²) in [5.41, 5.74) is 2.15. The van der Waals surface area contributed by atoms with E-state index < -0.39 is 0 Å². The largest absolute Gasteiger partial charge is 1.00 e. The van der Waals surface area contributed by atoms with E-state index in [0.717, 1.165) is 11.4 Å². The summed E-state index contributed by atoms with van der Waals surface area (Å²) in [6.45, 7) is 1.87. The van der Waals surface area contributed by atoms with E-state index in [0.29, 0.717) is 17.1 Å². The Labute approximate surface area is 147 Å². The monoisotopic (exact) mass is 352 g/mol. The summed E-state index contributed by atoms with van der Waals surface area (Å²) < 4.78 is 13.7. The number of ether oxygens (including phenoxy) is 2. The van der Waals surface area contributed by atoms with Crippen molar-refractivity contribution in [1.82, 2.24) is 4.57 Å². The van der Waals surface area contributed by atoms with Gasteiger partial charge in [-0.15, -0.1) is 0 Å². The zero-order valence-electron chi connectivity index (χ0n) is 14.3. The molecule has 0 bridgehead atoms. The molecule has 0 aliphatic heterocycles. The Kier molecular flexibility index (Phi) is 6.42. The van der Waals surface area contributed by atoms with Crippen LogP contribution in [0.2, 0.25) is 0 Å². The van der Waals surface area contributed by atoms with Crippen molar-refractivity contribution in [3.8, 4) is 17.2 Å². The van der Waals surface area contributed by atoms with Gasteiger partial charge in [0.05, 0.1) is 28.3 Å². The van der Waals surface area contributed by atoms with Gasteiger partial charge in [0.1, 0.15) is 17.1 Å². The van der Waals surface area contributed by atoms with Gasteiger partial charge in [0, 0.05) is 17.7 Å². The summed E-state index contributed by atoms with van der Waals surface area (Å²) in [6, 6.07) is 4.97. The second-order valence-corrected chi connectivity index (χ2v) is 5.22. The smallest absolute Gasteiger partial charge is 0.498 e. The number of rotatable bonds is 4. The first-order valence-corrected chi connectivity index (χ1v) is 7.08. The SMILES string of the molecule is COc1cc(O)cc(C=Cc2cc(C)n(C)c(=O)[n+]2C)c1OC.[Cl-]. The molecule has 0 amide bonds. The standard InChI is InChI=1S/C17H20N2O4.ClH/c1-11-8-13(19(3)17(21)18(11)2)7-6-12-9-14(20)10-15(22-4)16(12)23-5;/h6-10H,1-5H3;1H. The molecule has 0 fully saturated rings. The first-order chi connectivity index (χ1) is 10.9. The van der Waals surface area contributed by atoms with Crippen molar-refractivity contribution < 1.29 is 31.6 Å². The van der Waals surface area contributed by atoms with Crippen LogP contribution >= 0.6 is 0 Å². The van der Waals surface area contributed by atoms with Crippen LogP contribution in [-0.2, 0) is 14.1 Å². The van der Waals surface area contributed by atoms with E-state index in [1.807, 2.05) is 13.0 Å². The molecule has 1 heterocycles. The van der Waals surface area contributed by atoms with Crippen LogP contribution < -0.4 is 32.1 Å². The van der Waals surface area contributed by atoms with Gasteiger partial charge in [-0.3, -0.25) is 0 Å².